The zero-order valence-electron chi connectivity index (χ0n) is 6.44. The van der Waals surface area contributed by atoms with Gasteiger partial charge in [0.15, 0.2) is 0 Å². The maximum Gasteiger partial charge on any atom is 0.320 e. The van der Waals surface area contributed by atoms with E-state index in [-0.39, 0.29) is 11.4 Å². The summed E-state index contributed by atoms with van der Waals surface area (Å²) in [6.45, 7) is 1.74. The van der Waals surface area contributed by atoms with Crippen LogP contribution in [0.25, 0.3) is 0 Å². The van der Waals surface area contributed by atoms with Crippen molar-refractivity contribution >= 4 is 11.7 Å². The van der Waals surface area contributed by atoms with Gasteiger partial charge in [0.1, 0.15) is 5.82 Å². The van der Waals surface area contributed by atoms with Gasteiger partial charge in [-0.2, -0.15) is 0 Å². The molecule has 0 fully saturated rings. The molecule has 0 radical (unpaired) electrons. The summed E-state index contributed by atoms with van der Waals surface area (Å²) < 4.78 is 0. The Morgan fingerprint density at radius 3 is 2.75 bits per heavy atom. The lowest BCUT2D eigenvalue weighted by molar-refractivity contribution is 0.100. The summed E-state index contributed by atoms with van der Waals surface area (Å²) in [5, 5.41) is 2.24. The third-order valence-electron chi connectivity index (χ3n) is 1.38. The van der Waals surface area contributed by atoms with Crippen LogP contribution in [0.2, 0.25) is 0 Å². The summed E-state index contributed by atoms with van der Waals surface area (Å²) in [5.41, 5.74) is 6.11. The highest BCUT2D eigenvalue weighted by molar-refractivity contribution is 5.98. The van der Waals surface area contributed by atoms with Gasteiger partial charge in [0.25, 0.3) is 0 Å². The number of carbonyl (C=O) groups is 1. The zero-order valence-corrected chi connectivity index (χ0v) is 6.44. The van der Waals surface area contributed by atoms with Crippen LogP contribution in [-0.4, -0.2) is 10.9 Å². The maximum absolute atomic E-state index is 10.7. The fraction of sp³-hybridized carbons (Fsp3) is 0.143. The van der Waals surface area contributed by atoms with Gasteiger partial charge in [-0.05, 0) is 19.1 Å². The molecule has 1 aromatic rings. The Morgan fingerprint density at radius 2 is 2.25 bits per heavy atom. The molecule has 62 valence electrons. The average Bonchev–Trinajstić information content (AvgIpc) is 2.03. The lowest BCUT2D eigenvalue weighted by Crippen LogP contribution is -2.03. The summed E-state index contributed by atoms with van der Waals surface area (Å²) in [7, 11) is 0. The summed E-state index contributed by atoms with van der Waals surface area (Å²) in [4.78, 5) is 24.4. The minimum absolute atomic E-state index is 0.0413. The van der Waals surface area contributed by atoms with E-state index in [1.165, 1.54) is 6.07 Å². The molecule has 1 rings (SSSR count). The lowest BCUT2D eigenvalue weighted by Gasteiger charge is -1.98. The van der Waals surface area contributed by atoms with Crippen molar-refractivity contribution in [1.82, 2.24) is 4.98 Å². The predicted octanol–water partition coefficient (Wildman–Crippen LogP) is 0.879. The van der Waals surface area contributed by atoms with Crippen molar-refractivity contribution in [2.24, 2.45) is 5.18 Å². The monoisotopic (exact) mass is 165 g/mol. The molecule has 2 N–H and O–H groups in total. The van der Waals surface area contributed by atoms with Gasteiger partial charge >= 0.3 is 5.91 Å². The molecule has 0 saturated heterocycles. The van der Waals surface area contributed by atoms with E-state index in [1.807, 2.05) is 0 Å². The second kappa shape index (κ2) is 3.08. The molecular formula is C7H7N3O2. The summed E-state index contributed by atoms with van der Waals surface area (Å²) >= 11 is 0. The molecule has 0 aromatic carbocycles. The SMILES string of the molecule is Cc1ccc(C(=O)N=O)c(N)n1. The first kappa shape index (κ1) is 8.32. The van der Waals surface area contributed by atoms with Gasteiger partial charge < -0.3 is 5.73 Å². The molecule has 5 nitrogen and oxygen atoms in total. The number of pyridine rings is 1. The maximum atomic E-state index is 10.7. The number of rotatable bonds is 1. The normalized spacial score (nSPS) is 9.42. The standard InChI is InChI=1S/C7H7N3O2/c1-4-2-3-5(6(8)9-4)7(11)10-12/h2-3H,1H3,(H2,8,9). The van der Waals surface area contributed by atoms with E-state index < -0.39 is 5.91 Å². The molecule has 1 amide bonds. The molecule has 12 heavy (non-hydrogen) atoms. The van der Waals surface area contributed by atoms with E-state index in [2.05, 4.69) is 10.2 Å². The molecule has 5 heteroatoms. The fourth-order valence-electron chi connectivity index (χ4n) is 0.807. The van der Waals surface area contributed by atoms with Crippen LogP contribution in [-0.2, 0) is 0 Å². The molecule has 1 aromatic heterocycles. The van der Waals surface area contributed by atoms with Crippen LogP contribution >= 0.6 is 0 Å². The van der Waals surface area contributed by atoms with E-state index in [0.717, 1.165) is 0 Å². The molecule has 1 heterocycles. The highest BCUT2D eigenvalue weighted by Gasteiger charge is 2.10. The van der Waals surface area contributed by atoms with Crippen molar-refractivity contribution < 1.29 is 4.79 Å². The number of aromatic nitrogens is 1. The number of nitrogen functional groups attached to an aromatic ring is 1. The van der Waals surface area contributed by atoms with Crippen LogP contribution in [0.1, 0.15) is 16.1 Å². The molecule has 0 unspecified atom stereocenters. The zero-order chi connectivity index (χ0) is 9.14. The van der Waals surface area contributed by atoms with E-state index >= 15 is 0 Å². The molecule has 0 bridgehead atoms. The summed E-state index contributed by atoms with van der Waals surface area (Å²) in [5.74, 6) is -0.848. The predicted molar refractivity (Wildman–Crippen MR) is 43.5 cm³/mol. The number of nitrogens with zero attached hydrogens (tertiary/aromatic N) is 2. The third-order valence-corrected chi connectivity index (χ3v) is 1.38. The van der Waals surface area contributed by atoms with Crippen molar-refractivity contribution in [3.8, 4) is 0 Å². The van der Waals surface area contributed by atoms with Gasteiger partial charge in [-0.25, -0.2) is 4.98 Å². The van der Waals surface area contributed by atoms with E-state index in [4.69, 9.17) is 5.73 Å². The van der Waals surface area contributed by atoms with Crippen molar-refractivity contribution in [3.63, 3.8) is 0 Å². The van der Waals surface area contributed by atoms with Gasteiger partial charge in [0, 0.05) is 10.9 Å². The second-order valence-corrected chi connectivity index (χ2v) is 2.28. The number of carbonyl (C=O) groups excluding carboxylic acids is 1. The minimum Gasteiger partial charge on any atom is -0.383 e. The van der Waals surface area contributed by atoms with Crippen molar-refractivity contribution in [3.05, 3.63) is 28.3 Å². The smallest absolute Gasteiger partial charge is 0.320 e. The highest BCUT2D eigenvalue weighted by Crippen LogP contribution is 2.10. The van der Waals surface area contributed by atoms with Crippen molar-refractivity contribution in [2.75, 3.05) is 5.73 Å². The van der Waals surface area contributed by atoms with Gasteiger partial charge in [-0.3, -0.25) is 4.79 Å². The number of aryl methyl sites for hydroxylation is 1. The van der Waals surface area contributed by atoms with E-state index in [0.29, 0.717) is 5.69 Å². The molecule has 0 aliphatic carbocycles. The van der Waals surface area contributed by atoms with Crippen LogP contribution in [0.3, 0.4) is 0 Å². The second-order valence-electron chi connectivity index (χ2n) is 2.28. The topological polar surface area (TPSA) is 85.4 Å². The largest absolute Gasteiger partial charge is 0.383 e. The molecule has 0 atom stereocenters. The quantitative estimate of drug-likeness (QED) is 0.626. The van der Waals surface area contributed by atoms with Crippen molar-refractivity contribution in [2.45, 2.75) is 6.92 Å². The average molecular weight is 165 g/mol. The highest BCUT2D eigenvalue weighted by atomic mass is 16.3. The first-order valence-electron chi connectivity index (χ1n) is 3.26. The Kier molecular flexibility index (Phi) is 2.14. The fourth-order valence-corrected chi connectivity index (χ4v) is 0.807. The Bertz CT molecular complexity index is 335. The summed E-state index contributed by atoms with van der Waals surface area (Å²) in [6.07, 6.45) is 0. The number of nitroso groups, excluding NO2 is 1. The molecule has 0 aliphatic heterocycles. The number of anilines is 1. The number of hydrogen-bond acceptors (Lipinski definition) is 4. The molecule has 0 saturated carbocycles. The Labute approximate surface area is 68.6 Å². The summed E-state index contributed by atoms with van der Waals surface area (Å²) in [6, 6.07) is 3.02. The first-order valence-corrected chi connectivity index (χ1v) is 3.26. The number of nitrogens with two attached hydrogens (primary N) is 1. The van der Waals surface area contributed by atoms with Crippen LogP contribution < -0.4 is 5.73 Å². The van der Waals surface area contributed by atoms with Gasteiger partial charge in [0.2, 0.25) is 0 Å². The van der Waals surface area contributed by atoms with Gasteiger partial charge in [-0.15, -0.1) is 4.91 Å². The van der Waals surface area contributed by atoms with E-state index in [1.54, 1.807) is 13.0 Å². The molecular weight excluding hydrogens is 158 g/mol. The third kappa shape index (κ3) is 1.45. The van der Waals surface area contributed by atoms with Crippen LogP contribution in [0, 0.1) is 11.8 Å². The van der Waals surface area contributed by atoms with Crippen LogP contribution in [0.4, 0.5) is 5.82 Å². The van der Waals surface area contributed by atoms with Gasteiger partial charge in [-0.1, -0.05) is 0 Å². The number of hydrogen-bond donors (Lipinski definition) is 1. The Hall–Kier alpha value is -1.78. The minimum atomic E-state index is -0.889. The molecule has 0 aliphatic rings. The van der Waals surface area contributed by atoms with Crippen molar-refractivity contribution in [1.29, 1.82) is 0 Å². The van der Waals surface area contributed by atoms with E-state index in [9.17, 15) is 9.70 Å². The number of amides is 1. The van der Waals surface area contributed by atoms with Crippen LogP contribution in [0.15, 0.2) is 17.3 Å². The van der Waals surface area contributed by atoms with Crippen LogP contribution in [0.5, 0.6) is 0 Å². The lowest BCUT2D eigenvalue weighted by atomic mass is 10.2. The van der Waals surface area contributed by atoms with Gasteiger partial charge in [0.05, 0.1) is 5.56 Å². The molecule has 0 spiro atoms. The Balaban J connectivity index is 3.18. The Morgan fingerprint density at radius 1 is 1.58 bits per heavy atom. The first-order chi connectivity index (χ1) is 5.65.